The first-order chi connectivity index (χ1) is 9.50. The van der Waals surface area contributed by atoms with E-state index in [4.69, 9.17) is 4.74 Å². The van der Waals surface area contributed by atoms with Gasteiger partial charge in [-0.05, 0) is 18.9 Å². The topological polar surface area (TPSA) is 81.5 Å². The maximum absolute atomic E-state index is 13.8. The third-order valence-electron chi connectivity index (χ3n) is 3.01. The summed E-state index contributed by atoms with van der Waals surface area (Å²) in [7, 11) is 0. The zero-order chi connectivity index (χ0) is 14.7. The zero-order valence-electron chi connectivity index (χ0n) is 10.4. The van der Waals surface area contributed by atoms with Crippen molar-refractivity contribution in [2.45, 2.75) is 18.9 Å². The highest BCUT2D eigenvalue weighted by Crippen LogP contribution is 2.23. The summed E-state index contributed by atoms with van der Waals surface area (Å²) < 4.78 is 32.5. The second-order valence-corrected chi connectivity index (χ2v) is 4.36. The van der Waals surface area contributed by atoms with Crippen LogP contribution in [0.3, 0.4) is 0 Å². The van der Waals surface area contributed by atoms with Gasteiger partial charge >= 0.3 is 5.69 Å². The highest BCUT2D eigenvalue weighted by molar-refractivity contribution is 5.95. The molecule has 8 heteroatoms. The van der Waals surface area contributed by atoms with Crippen molar-refractivity contribution in [3.8, 4) is 0 Å². The number of benzene rings is 1. The van der Waals surface area contributed by atoms with E-state index in [9.17, 15) is 23.7 Å². The van der Waals surface area contributed by atoms with E-state index < -0.39 is 33.7 Å². The molecule has 0 aliphatic carbocycles. The highest BCUT2D eigenvalue weighted by atomic mass is 19.1. The van der Waals surface area contributed by atoms with E-state index in [2.05, 4.69) is 5.32 Å². The predicted octanol–water partition coefficient (Wildman–Crippen LogP) is 1.78. The molecule has 0 bridgehead atoms. The fraction of sp³-hybridized carbons (Fsp3) is 0.417. The Labute approximate surface area is 112 Å². The van der Waals surface area contributed by atoms with Crippen molar-refractivity contribution in [3.63, 3.8) is 0 Å². The molecule has 1 aliphatic rings. The first kappa shape index (κ1) is 14.3. The van der Waals surface area contributed by atoms with E-state index in [0.717, 1.165) is 12.8 Å². The van der Waals surface area contributed by atoms with Gasteiger partial charge in [0.05, 0.1) is 11.0 Å². The van der Waals surface area contributed by atoms with Crippen molar-refractivity contribution in [2.24, 2.45) is 0 Å². The molecule has 1 aromatic rings. The van der Waals surface area contributed by atoms with Crippen LogP contribution in [0, 0.1) is 21.7 Å². The van der Waals surface area contributed by atoms with Gasteiger partial charge < -0.3 is 10.1 Å². The molecule has 1 N–H and O–H groups in total. The summed E-state index contributed by atoms with van der Waals surface area (Å²) in [5.74, 6) is -3.64. The average molecular weight is 286 g/mol. The Morgan fingerprint density at radius 2 is 2.25 bits per heavy atom. The fourth-order valence-electron chi connectivity index (χ4n) is 1.99. The van der Waals surface area contributed by atoms with Gasteiger partial charge in [0.1, 0.15) is 11.4 Å². The van der Waals surface area contributed by atoms with Crippen molar-refractivity contribution in [1.29, 1.82) is 0 Å². The number of carbonyl (C=O) groups excluding carboxylic acids is 1. The summed E-state index contributed by atoms with van der Waals surface area (Å²) >= 11 is 0. The van der Waals surface area contributed by atoms with Crippen LogP contribution in [-0.4, -0.2) is 30.1 Å². The van der Waals surface area contributed by atoms with Gasteiger partial charge in [0, 0.05) is 19.2 Å². The SMILES string of the molecule is O=C(NCC1CCCO1)c1c(F)ccc([N+](=O)[O-])c1F. The Bertz CT molecular complexity index is 545. The molecule has 1 saturated heterocycles. The molecule has 1 aromatic carbocycles. The molecule has 1 aliphatic heterocycles. The van der Waals surface area contributed by atoms with Crippen LogP contribution < -0.4 is 5.32 Å². The number of halogens is 2. The Hall–Kier alpha value is -2.09. The Morgan fingerprint density at radius 1 is 1.50 bits per heavy atom. The standard InChI is InChI=1S/C12H12F2N2O4/c13-8-3-4-9(16(18)19)11(14)10(8)12(17)15-6-7-2-1-5-20-7/h3-4,7H,1-2,5-6H2,(H,15,17). The lowest BCUT2D eigenvalue weighted by Crippen LogP contribution is -2.33. The third kappa shape index (κ3) is 2.90. The van der Waals surface area contributed by atoms with E-state index in [1.54, 1.807) is 0 Å². The molecule has 0 spiro atoms. The van der Waals surface area contributed by atoms with Crippen LogP contribution >= 0.6 is 0 Å². The molecule has 1 amide bonds. The lowest BCUT2D eigenvalue weighted by molar-refractivity contribution is -0.387. The van der Waals surface area contributed by atoms with Crippen molar-refractivity contribution in [2.75, 3.05) is 13.2 Å². The van der Waals surface area contributed by atoms with Crippen LogP contribution in [0.1, 0.15) is 23.2 Å². The maximum atomic E-state index is 13.8. The highest BCUT2D eigenvalue weighted by Gasteiger charge is 2.26. The van der Waals surface area contributed by atoms with Gasteiger partial charge in [-0.15, -0.1) is 0 Å². The molecular weight excluding hydrogens is 274 g/mol. The van der Waals surface area contributed by atoms with E-state index >= 15 is 0 Å². The largest absolute Gasteiger partial charge is 0.376 e. The Kier molecular flexibility index (Phi) is 4.23. The van der Waals surface area contributed by atoms with Crippen molar-refractivity contribution in [3.05, 3.63) is 39.4 Å². The smallest absolute Gasteiger partial charge is 0.305 e. The minimum atomic E-state index is -1.47. The van der Waals surface area contributed by atoms with Crippen LogP contribution in [0.2, 0.25) is 0 Å². The van der Waals surface area contributed by atoms with Gasteiger partial charge in [-0.3, -0.25) is 14.9 Å². The number of hydrogen-bond acceptors (Lipinski definition) is 4. The van der Waals surface area contributed by atoms with Gasteiger partial charge in [-0.1, -0.05) is 0 Å². The van der Waals surface area contributed by atoms with Gasteiger partial charge in [-0.2, -0.15) is 4.39 Å². The van der Waals surface area contributed by atoms with Crippen LogP contribution in [0.15, 0.2) is 12.1 Å². The van der Waals surface area contributed by atoms with Crippen molar-refractivity contribution < 1.29 is 23.2 Å². The molecule has 20 heavy (non-hydrogen) atoms. The molecule has 0 radical (unpaired) electrons. The summed E-state index contributed by atoms with van der Waals surface area (Å²) in [6.45, 7) is 0.695. The van der Waals surface area contributed by atoms with Crippen LogP contribution in [0.5, 0.6) is 0 Å². The number of nitrogens with zero attached hydrogens (tertiary/aromatic N) is 1. The molecule has 1 unspecified atom stereocenters. The molecule has 1 heterocycles. The molecule has 2 rings (SSSR count). The number of carbonyl (C=O) groups is 1. The predicted molar refractivity (Wildman–Crippen MR) is 64.3 cm³/mol. The molecule has 0 aromatic heterocycles. The second kappa shape index (κ2) is 5.91. The molecular formula is C12H12F2N2O4. The van der Waals surface area contributed by atoms with Gasteiger partial charge in [0.15, 0.2) is 0 Å². The van der Waals surface area contributed by atoms with E-state index in [1.807, 2.05) is 0 Å². The first-order valence-corrected chi connectivity index (χ1v) is 6.03. The molecule has 0 saturated carbocycles. The lowest BCUT2D eigenvalue weighted by Gasteiger charge is -2.11. The third-order valence-corrected chi connectivity index (χ3v) is 3.01. The minimum absolute atomic E-state index is 0.112. The van der Waals surface area contributed by atoms with E-state index in [0.29, 0.717) is 18.7 Å². The first-order valence-electron chi connectivity index (χ1n) is 6.03. The lowest BCUT2D eigenvalue weighted by atomic mass is 10.1. The maximum Gasteiger partial charge on any atom is 0.305 e. The number of nitro benzene ring substituents is 1. The summed E-state index contributed by atoms with van der Waals surface area (Å²) in [5, 5.41) is 12.9. The number of nitro groups is 1. The molecule has 1 atom stereocenters. The normalized spacial score (nSPS) is 18.0. The quantitative estimate of drug-likeness (QED) is 0.675. The molecule has 108 valence electrons. The zero-order valence-corrected chi connectivity index (χ0v) is 10.4. The van der Waals surface area contributed by atoms with Crippen molar-refractivity contribution in [1.82, 2.24) is 5.32 Å². The number of ether oxygens (including phenoxy) is 1. The number of amides is 1. The van der Waals surface area contributed by atoms with Gasteiger partial charge in [0.2, 0.25) is 5.82 Å². The average Bonchev–Trinajstić information content (AvgIpc) is 2.89. The summed E-state index contributed by atoms with van der Waals surface area (Å²) in [6, 6.07) is 1.38. The van der Waals surface area contributed by atoms with Crippen molar-refractivity contribution >= 4 is 11.6 Å². The molecule has 1 fully saturated rings. The number of hydrogen-bond donors (Lipinski definition) is 1. The monoisotopic (exact) mass is 286 g/mol. The minimum Gasteiger partial charge on any atom is -0.376 e. The van der Waals surface area contributed by atoms with Gasteiger partial charge in [-0.25, -0.2) is 4.39 Å². The Balaban J connectivity index is 2.15. The van der Waals surface area contributed by atoms with E-state index in [1.165, 1.54) is 0 Å². The molecule has 6 nitrogen and oxygen atoms in total. The summed E-state index contributed by atoms with van der Waals surface area (Å²) in [5.41, 5.74) is -1.88. The Morgan fingerprint density at radius 3 is 2.85 bits per heavy atom. The number of rotatable bonds is 4. The fourth-order valence-corrected chi connectivity index (χ4v) is 1.99. The second-order valence-electron chi connectivity index (χ2n) is 4.36. The number of nitrogens with one attached hydrogen (secondary N) is 1. The van der Waals surface area contributed by atoms with Crippen LogP contribution in [0.25, 0.3) is 0 Å². The summed E-state index contributed by atoms with van der Waals surface area (Å²) in [6.07, 6.45) is 1.42. The van der Waals surface area contributed by atoms with Crippen LogP contribution in [-0.2, 0) is 4.74 Å². The van der Waals surface area contributed by atoms with E-state index in [-0.39, 0.29) is 12.6 Å². The van der Waals surface area contributed by atoms with Gasteiger partial charge in [0.25, 0.3) is 5.91 Å². The summed E-state index contributed by atoms with van der Waals surface area (Å²) in [4.78, 5) is 21.3. The van der Waals surface area contributed by atoms with Crippen LogP contribution in [0.4, 0.5) is 14.5 Å².